The van der Waals surface area contributed by atoms with Crippen LogP contribution in [0, 0.1) is 10.8 Å². The fourth-order valence-electron chi connectivity index (χ4n) is 12.0. The molecule has 6 fully saturated rings. The lowest BCUT2D eigenvalue weighted by atomic mass is 9.83. The summed E-state index contributed by atoms with van der Waals surface area (Å²) in [4.78, 5) is 93.5. The number of nitrogens with one attached hydrogen (secondary N) is 7. The molecule has 5 aliphatic heterocycles. The van der Waals surface area contributed by atoms with E-state index in [0.29, 0.717) is 66.9 Å². The van der Waals surface area contributed by atoms with Crippen molar-refractivity contribution in [2.45, 2.75) is 181 Å². The number of carbonyl (C=O) groups excluding carboxylic acids is 6. The van der Waals surface area contributed by atoms with Crippen LogP contribution in [0.15, 0.2) is 60.7 Å². The number of thioether (sulfide) groups is 4. The van der Waals surface area contributed by atoms with Crippen LogP contribution in [0.5, 0.6) is 0 Å². The largest absolute Gasteiger partial charge is 0.385 e. The lowest BCUT2D eigenvalue weighted by Crippen LogP contribution is -2.58. The van der Waals surface area contributed by atoms with Crippen LogP contribution in [-0.2, 0) is 24.0 Å². The quantitative estimate of drug-likeness (QED) is 0.0506. The molecule has 420 valence electrons. The molecule has 6 amide bonds. The number of carbonyl (C=O) groups is 6. The third kappa shape index (κ3) is 13.9. The first-order valence-electron chi connectivity index (χ1n) is 27.2. The van der Waals surface area contributed by atoms with Gasteiger partial charge in [0.15, 0.2) is 0 Å². The zero-order valence-electron chi connectivity index (χ0n) is 46.0. The molecule has 1 saturated carbocycles. The van der Waals surface area contributed by atoms with Crippen molar-refractivity contribution in [3.63, 3.8) is 0 Å². The SMILES string of the molecule is CN[C@@H](C)C(=S)N[C@@]1(C)CCS[C@@]2(C)CC(C)(C)[C@@H](C(=O)N[C@H](C(=O)NC3CCC(NC(=O)CC([SiH2]NC(=O)[C@H]4N5C(=O)[C@@H](NC(=S)[C@@]6(C)CS6)CCS[C@H]5CC4(C)C)c4ccccc4)CC3)c3ccccc3)N2C(=O)S1. The van der Waals surface area contributed by atoms with Gasteiger partial charge in [0.2, 0.25) is 29.5 Å². The molecule has 7 N–H and O–H groups in total. The summed E-state index contributed by atoms with van der Waals surface area (Å²) >= 11 is 17.8. The van der Waals surface area contributed by atoms with Gasteiger partial charge in [-0.3, -0.25) is 28.8 Å². The first-order valence-corrected chi connectivity index (χ1v) is 33.4. The van der Waals surface area contributed by atoms with E-state index in [0.717, 1.165) is 22.8 Å². The summed E-state index contributed by atoms with van der Waals surface area (Å²) in [6.45, 7) is 16.3. The number of thiocarbonyl (C=S) groups is 2. The van der Waals surface area contributed by atoms with E-state index in [1.807, 2.05) is 107 Å². The summed E-state index contributed by atoms with van der Waals surface area (Å²) in [5.41, 5.74) is 0.370. The molecular formula is C55H79N9O6S6Si. The Kier molecular flexibility index (Phi) is 18.9. The van der Waals surface area contributed by atoms with Crippen molar-refractivity contribution in [1.82, 2.24) is 46.7 Å². The fourth-order valence-corrected chi connectivity index (χ4v) is 19.7. The molecule has 2 aromatic rings. The highest BCUT2D eigenvalue weighted by Gasteiger charge is 2.60. The van der Waals surface area contributed by atoms with Gasteiger partial charge in [-0.1, -0.05) is 113 Å². The Labute approximate surface area is 485 Å². The first-order chi connectivity index (χ1) is 36.4. The summed E-state index contributed by atoms with van der Waals surface area (Å²) in [6, 6.07) is 15.7. The van der Waals surface area contributed by atoms with Gasteiger partial charge < -0.3 is 46.7 Å². The molecule has 77 heavy (non-hydrogen) atoms. The molecule has 1 unspecified atom stereocenters. The molecule has 10 atom stereocenters. The smallest absolute Gasteiger partial charge is 0.285 e. The lowest BCUT2D eigenvalue weighted by molar-refractivity contribution is -0.141. The predicted molar refractivity (Wildman–Crippen MR) is 326 cm³/mol. The molecule has 0 aromatic heterocycles. The Morgan fingerprint density at radius 2 is 1.40 bits per heavy atom. The Bertz CT molecular complexity index is 2560. The van der Waals surface area contributed by atoms with E-state index < -0.39 is 54.4 Å². The molecule has 22 heteroatoms. The molecule has 1 aliphatic carbocycles. The van der Waals surface area contributed by atoms with E-state index in [9.17, 15) is 28.8 Å². The van der Waals surface area contributed by atoms with Gasteiger partial charge in [-0.25, -0.2) is 0 Å². The van der Waals surface area contributed by atoms with Crippen LogP contribution in [0.4, 0.5) is 4.79 Å². The number of nitrogens with zero attached hydrogens (tertiary/aromatic N) is 2. The van der Waals surface area contributed by atoms with Gasteiger partial charge in [-0.2, -0.15) is 0 Å². The first kappa shape index (κ1) is 59.7. The number of rotatable bonds is 17. The van der Waals surface area contributed by atoms with Gasteiger partial charge in [0, 0.05) is 29.8 Å². The Morgan fingerprint density at radius 1 is 0.779 bits per heavy atom. The van der Waals surface area contributed by atoms with Gasteiger partial charge in [0.25, 0.3) is 5.24 Å². The molecule has 8 rings (SSSR count). The van der Waals surface area contributed by atoms with Crippen molar-refractivity contribution in [3.8, 4) is 0 Å². The van der Waals surface area contributed by atoms with Gasteiger partial charge in [0.1, 0.15) is 33.8 Å². The normalized spacial score (nSPS) is 31.8. The molecular weight excluding hydrogens is 1100 g/mol. The van der Waals surface area contributed by atoms with Crippen molar-refractivity contribution in [2.75, 3.05) is 24.3 Å². The zero-order valence-corrected chi connectivity index (χ0v) is 52.3. The van der Waals surface area contributed by atoms with Crippen LogP contribution in [0.3, 0.4) is 0 Å². The summed E-state index contributed by atoms with van der Waals surface area (Å²) in [6.07, 6.45) is 5.39. The number of amides is 6. The van der Waals surface area contributed by atoms with Crippen LogP contribution in [0.1, 0.15) is 136 Å². The van der Waals surface area contributed by atoms with Crippen LogP contribution in [0.25, 0.3) is 0 Å². The molecule has 15 nitrogen and oxygen atoms in total. The minimum absolute atomic E-state index is 0.0737. The monoisotopic (exact) mass is 1180 g/mol. The predicted octanol–water partition coefficient (Wildman–Crippen LogP) is 6.65. The van der Waals surface area contributed by atoms with E-state index in [-0.39, 0.29) is 75.0 Å². The lowest BCUT2D eigenvalue weighted by Gasteiger charge is -2.43. The van der Waals surface area contributed by atoms with Crippen molar-refractivity contribution >= 4 is 126 Å². The maximum atomic E-state index is 14.8. The molecule has 5 heterocycles. The highest BCUT2D eigenvalue weighted by atomic mass is 32.2. The van der Waals surface area contributed by atoms with E-state index in [2.05, 4.69) is 57.7 Å². The van der Waals surface area contributed by atoms with E-state index in [4.69, 9.17) is 24.4 Å². The third-order valence-electron chi connectivity index (χ3n) is 16.5. The third-order valence-corrected chi connectivity index (χ3v) is 24.6. The van der Waals surface area contributed by atoms with Crippen LogP contribution >= 0.6 is 71.5 Å². The minimum Gasteiger partial charge on any atom is -0.385 e. The summed E-state index contributed by atoms with van der Waals surface area (Å²) in [5, 5.41) is 19.3. The number of benzene rings is 2. The average molecular weight is 1180 g/mol. The van der Waals surface area contributed by atoms with Crippen molar-refractivity contribution < 1.29 is 28.8 Å². The number of likely N-dealkylation sites (N-methyl/N-ethyl adjacent to an activating group) is 1. The number of hydrogen-bond acceptors (Lipinski definition) is 13. The number of hydrogen-bond donors (Lipinski definition) is 7. The fraction of sp³-hybridized carbons (Fsp3) is 0.636. The van der Waals surface area contributed by atoms with Crippen LogP contribution in [0.2, 0.25) is 0 Å². The second-order valence-corrected chi connectivity index (χ2v) is 32.2. The Hall–Kier alpha value is -3.38. The molecule has 5 saturated heterocycles. The average Bonchev–Trinajstić information content (AvgIpc) is 4.14. The number of fused-ring (bicyclic) bond motifs is 2. The second-order valence-electron chi connectivity index (χ2n) is 23.8. The van der Waals surface area contributed by atoms with Gasteiger partial charge in [-0.05, 0) is 131 Å². The van der Waals surface area contributed by atoms with Crippen molar-refractivity contribution in [1.29, 1.82) is 0 Å². The van der Waals surface area contributed by atoms with Gasteiger partial charge >= 0.3 is 0 Å². The van der Waals surface area contributed by atoms with E-state index in [1.165, 1.54) is 11.8 Å². The highest BCUT2D eigenvalue weighted by molar-refractivity contribution is 8.15. The van der Waals surface area contributed by atoms with Crippen LogP contribution < -0.4 is 36.9 Å². The Balaban J connectivity index is 0.877. The standard InChI is InChI=1S/C55H79N9O6S6Si/c1-32(56-9)47(71)61-54(7)25-27-74-55(8)30-52(4,5)43(64(55)50(70)76-54)45(67)60-41(34-18-14-11-15-19-34)44(66)58-36-22-20-35(21-23-36)57-39(65)28-38(33-16-12-10-13-17-33)77-62-46(68)42-51(2,3)29-40-63(42)48(69)37(24-26-73-40)59-49(72)53(6)31-75-53/h10-19,32,35-38,40-43,56H,20-31,77H2,1-9H3,(H,57,65)(H,58,66)(H,59,72)(H,60,67)(H,61,71)(H,62,68)/t32-,35?,36?,37-,38?,40-,41-,42+,43+,53+,54+,55-/m0/s1. The van der Waals surface area contributed by atoms with Gasteiger partial charge in [-0.15, -0.1) is 35.3 Å². The van der Waals surface area contributed by atoms with Crippen molar-refractivity contribution in [3.05, 3.63) is 71.8 Å². The van der Waals surface area contributed by atoms with E-state index in [1.54, 1.807) is 40.2 Å². The Morgan fingerprint density at radius 3 is 2.03 bits per heavy atom. The molecule has 0 spiro atoms. The molecule has 6 aliphatic rings. The summed E-state index contributed by atoms with van der Waals surface area (Å²) in [7, 11) is 0.405. The van der Waals surface area contributed by atoms with Crippen molar-refractivity contribution in [2.24, 2.45) is 10.8 Å². The minimum atomic E-state index is -1.44. The molecule has 0 radical (unpaired) electrons. The molecule has 2 aromatic carbocycles. The van der Waals surface area contributed by atoms with Crippen LogP contribution in [-0.4, -0.2) is 145 Å². The topological polar surface area (TPSA) is 193 Å². The maximum absolute atomic E-state index is 14.8. The highest BCUT2D eigenvalue weighted by Crippen LogP contribution is 2.55. The molecule has 0 bridgehead atoms. The summed E-state index contributed by atoms with van der Waals surface area (Å²) in [5.74, 6) is 1.41. The zero-order chi connectivity index (χ0) is 55.7. The summed E-state index contributed by atoms with van der Waals surface area (Å²) < 4.78 is -0.134. The second kappa shape index (κ2) is 24.4. The maximum Gasteiger partial charge on any atom is 0.285 e. The van der Waals surface area contributed by atoms with Gasteiger partial charge in [0.05, 0.1) is 35.9 Å². The van der Waals surface area contributed by atoms with E-state index >= 15 is 0 Å².